The molecule has 21 heavy (non-hydrogen) atoms. The van der Waals surface area contributed by atoms with E-state index in [0.29, 0.717) is 12.4 Å². The SMILES string of the molecule is COc1ccc(COc2ccc(C)cc2)cc1C#CCO. The van der Waals surface area contributed by atoms with Crippen LogP contribution in [-0.4, -0.2) is 18.8 Å². The zero-order valence-corrected chi connectivity index (χ0v) is 12.2. The molecule has 0 bridgehead atoms. The van der Waals surface area contributed by atoms with E-state index in [-0.39, 0.29) is 6.61 Å². The van der Waals surface area contributed by atoms with Crippen molar-refractivity contribution in [1.29, 1.82) is 0 Å². The quantitative estimate of drug-likeness (QED) is 0.876. The normalized spacial score (nSPS) is 9.67. The summed E-state index contributed by atoms with van der Waals surface area (Å²) in [6.45, 7) is 2.33. The van der Waals surface area contributed by atoms with Gasteiger partial charge in [-0.15, -0.1) is 0 Å². The summed E-state index contributed by atoms with van der Waals surface area (Å²) < 4.78 is 11.0. The van der Waals surface area contributed by atoms with Crippen molar-refractivity contribution in [2.24, 2.45) is 0 Å². The summed E-state index contributed by atoms with van der Waals surface area (Å²) in [4.78, 5) is 0. The first-order chi connectivity index (χ1) is 10.2. The molecule has 2 aromatic rings. The van der Waals surface area contributed by atoms with Crippen LogP contribution in [0.5, 0.6) is 11.5 Å². The summed E-state index contributed by atoms with van der Waals surface area (Å²) >= 11 is 0. The van der Waals surface area contributed by atoms with Gasteiger partial charge in [-0.3, -0.25) is 0 Å². The molecule has 2 aromatic carbocycles. The first kappa shape index (κ1) is 15.0. The van der Waals surface area contributed by atoms with Crippen LogP contribution in [0.3, 0.4) is 0 Å². The van der Waals surface area contributed by atoms with Crippen molar-refractivity contribution < 1.29 is 14.6 Å². The van der Waals surface area contributed by atoms with Gasteiger partial charge in [0.05, 0.1) is 12.7 Å². The number of benzene rings is 2. The summed E-state index contributed by atoms with van der Waals surface area (Å²) in [6.07, 6.45) is 0. The number of rotatable bonds is 4. The molecule has 108 valence electrons. The summed E-state index contributed by atoms with van der Waals surface area (Å²) in [5.41, 5.74) is 2.95. The highest BCUT2D eigenvalue weighted by Crippen LogP contribution is 2.20. The Labute approximate surface area is 125 Å². The fraction of sp³-hybridized carbons (Fsp3) is 0.222. The standard InChI is InChI=1S/C18H18O3/c1-14-5-8-17(9-6-14)21-13-15-7-10-18(20-2)16(12-15)4-3-11-19/h5-10,12,19H,11,13H2,1-2H3. The van der Waals surface area contributed by atoms with Crippen LogP contribution in [0.25, 0.3) is 0 Å². The molecule has 0 radical (unpaired) electrons. The Bertz CT molecular complexity index is 648. The molecule has 0 atom stereocenters. The third-order valence-corrected chi connectivity index (χ3v) is 2.99. The third kappa shape index (κ3) is 4.27. The predicted molar refractivity (Wildman–Crippen MR) is 82.5 cm³/mol. The molecule has 1 N–H and O–H groups in total. The number of aliphatic hydroxyl groups is 1. The summed E-state index contributed by atoms with van der Waals surface area (Å²) in [5.74, 6) is 7.03. The maximum Gasteiger partial charge on any atom is 0.134 e. The molecule has 0 unspecified atom stereocenters. The highest BCUT2D eigenvalue weighted by atomic mass is 16.5. The Hall–Kier alpha value is -2.44. The predicted octanol–water partition coefficient (Wildman–Crippen LogP) is 2.93. The van der Waals surface area contributed by atoms with Gasteiger partial charge in [0.25, 0.3) is 0 Å². The van der Waals surface area contributed by atoms with E-state index >= 15 is 0 Å². The number of methoxy groups -OCH3 is 1. The zero-order valence-electron chi connectivity index (χ0n) is 12.2. The van der Waals surface area contributed by atoms with Crippen LogP contribution < -0.4 is 9.47 Å². The molecule has 0 aliphatic rings. The van der Waals surface area contributed by atoms with E-state index in [9.17, 15) is 0 Å². The number of hydrogen-bond donors (Lipinski definition) is 1. The Balaban J connectivity index is 2.11. The molecule has 0 heterocycles. The van der Waals surface area contributed by atoms with Gasteiger partial charge in [0.1, 0.15) is 24.7 Å². The van der Waals surface area contributed by atoms with E-state index < -0.39 is 0 Å². The van der Waals surface area contributed by atoms with Gasteiger partial charge in [-0.25, -0.2) is 0 Å². The third-order valence-electron chi connectivity index (χ3n) is 2.99. The van der Waals surface area contributed by atoms with Crippen molar-refractivity contribution in [3.05, 3.63) is 59.2 Å². The molecule has 0 aliphatic heterocycles. The highest BCUT2D eigenvalue weighted by Gasteiger charge is 2.03. The van der Waals surface area contributed by atoms with Crippen LogP contribution in [0.1, 0.15) is 16.7 Å². The number of aryl methyl sites for hydroxylation is 1. The smallest absolute Gasteiger partial charge is 0.134 e. The van der Waals surface area contributed by atoms with Crippen LogP contribution in [-0.2, 0) is 6.61 Å². The van der Waals surface area contributed by atoms with Gasteiger partial charge < -0.3 is 14.6 Å². The second kappa shape index (κ2) is 7.37. The lowest BCUT2D eigenvalue weighted by atomic mass is 10.1. The van der Waals surface area contributed by atoms with Gasteiger partial charge in [0.15, 0.2) is 0 Å². The summed E-state index contributed by atoms with van der Waals surface area (Å²) in [6, 6.07) is 13.6. The molecule has 0 aliphatic carbocycles. The average Bonchev–Trinajstić information content (AvgIpc) is 2.52. The van der Waals surface area contributed by atoms with Crippen molar-refractivity contribution in [1.82, 2.24) is 0 Å². The first-order valence-electron chi connectivity index (χ1n) is 6.69. The number of ether oxygens (including phenoxy) is 2. The monoisotopic (exact) mass is 282 g/mol. The van der Waals surface area contributed by atoms with Crippen LogP contribution in [0.4, 0.5) is 0 Å². The van der Waals surface area contributed by atoms with Gasteiger partial charge >= 0.3 is 0 Å². The van der Waals surface area contributed by atoms with Crippen molar-refractivity contribution >= 4 is 0 Å². The van der Waals surface area contributed by atoms with Gasteiger partial charge in [-0.1, -0.05) is 35.6 Å². The first-order valence-corrected chi connectivity index (χ1v) is 6.69. The van der Waals surface area contributed by atoms with Gasteiger partial charge in [-0.05, 0) is 36.8 Å². The van der Waals surface area contributed by atoms with Gasteiger partial charge in [0, 0.05) is 0 Å². The highest BCUT2D eigenvalue weighted by molar-refractivity contribution is 5.48. The fourth-order valence-corrected chi connectivity index (χ4v) is 1.88. The van der Waals surface area contributed by atoms with Gasteiger partial charge in [0.2, 0.25) is 0 Å². The Morgan fingerprint density at radius 3 is 2.52 bits per heavy atom. The molecular formula is C18H18O3. The minimum atomic E-state index is -0.173. The Kier molecular flexibility index (Phi) is 5.25. The van der Waals surface area contributed by atoms with Crippen LogP contribution in [0, 0.1) is 18.8 Å². The molecule has 0 fully saturated rings. The second-order valence-corrected chi connectivity index (χ2v) is 4.60. The van der Waals surface area contributed by atoms with E-state index in [1.165, 1.54) is 5.56 Å². The van der Waals surface area contributed by atoms with E-state index in [1.54, 1.807) is 7.11 Å². The number of hydrogen-bond acceptors (Lipinski definition) is 3. The topological polar surface area (TPSA) is 38.7 Å². The van der Waals surface area contributed by atoms with Crippen LogP contribution in [0.2, 0.25) is 0 Å². The van der Waals surface area contributed by atoms with E-state index in [2.05, 4.69) is 11.8 Å². The van der Waals surface area contributed by atoms with Gasteiger partial charge in [-0.2, -0.15) is 0 Å². The largest absolute Gasteiger partial charge is 0.495 e. The molecule has 2 rings (SSSR count). The fourth-order valence-electron chi connectivity index (χ4n) is 1.88. The molecule has 3 heteroatoms. The molecule has 0 aromatic heterocycles. The minimum absolute atomic E-state index is 0.173. The van der Waals surface area contributed by atoms with Crippen molar-refractivity contribution in [3.63, 3.8) is 0 Å². The summed E-state index contributed by atoms with van der Waals surface area (Å²) in [5, 5.41) is 8.80. The molecule has 0 amide bonds. The van der Waals surface area contributed by atoms with E-state index in [0.717, 1.165) is 16.9 Å². The van der Waals surface area contributed by atoms with Crippen molar-refractivity contribution in [2.75, 3.05) is 13.7 Å². The molecule has 0 saturated heterocycles. The minimum Gasteiger partial charge on any atom is -0.495 e. The Morgan fingerprint density at radius 2 is 1.86 bits per heavy atom. The van der Waals surface area contributed by atoms with Crippen LogP contribution >= 0.6 is 0 Å². The maximum atomic E-state index is 8.80. The molecule has 3 nitrogen and oxygen atoms in total. The maximum absolute atomic E-state index is 8.80. The molecule has 0 spiro atoms. The lowest BCUT2D eigenvalue weighted by Gasteiger charge is -2.09. The number of aliphatic hydroxyl groups excluding tert-OH is 1. The molecular weight excluding hydrogens is 264 g/mol. The van der Waals surface area contributed by atoms with E-state index in [4.69, 9.17) is 14.6 Å². The zero-order chi connectivity index (χ0) is 15.1. The molecule has 0 saturated carbocycles. The lowest BCUT2D eigenvalue weighted by Crippen LogP contribution is -1.97. The lowest BCUT2D eigenvalue weighted by molar-refractivity contribution is 0.306. The summed E-state index contributed by atoms with van der Waals surface area (Å²) in [7, 11) is 1.60. The van der Waals surface area contributed by atoms with Crippen LogP contribution in [0.15, 0.2) is 42.5 Å². The van der Waals surface area contributed by atoms with Crippen molar-refractivity contribution in [2.45, 2.75) is 13.5 Å². The second-order valence-electron chi connectivity index (χ2n) is 4.60. The van der Waals surface area contributed by atoms with E-state index in [1.807, 2.05) is 49.4 Å². The van der Waals surface area contributed by atoms with Crippen molar-refractivity contribution in [3.8, 4) is 23.3 Å². The Morgan fingerprint density at radius 1 is 1.10 bits per heavy atom. The average molecular weight is 282 g/mol.